The van der Waals surface area contributed by atoms with Gasteiger partial charge in [-0.2, -0.15) is 0 Å². The molecule has 3 amide bonds. The predicted molar refractivity (Wildman–Crippen MR) is 109 cm³/mol. The summed E-state index contributed by atoms with van der Waals surface area (Å²) < 4.78 is 13.4. The summed E-state index contributed by atoms with van der Waals surface area (Å²) in [5.41, 5.74) is 3.19. The van der Waals surface area contributed by atoms with E-state index in [-0.39, 0.29) is 23.0 Å². The number of anilines is 1. The van der Waals surface area contributed by atoms with Gasteiger partial charge in [-0.3, -0.25) is 24.7 Å². The molecule has 1 unspecified atom stereocenters. The second-order valence-electron chi connectivity index (χ2n) is 6.32. The van der Waals surface area contributed by atoms with Crippen molar-refractivity contribution in [3.63, 3.8) is 0 Å². The number of para-hydroxylation sites is 1. The van der Waals surface area contributed by atoms with Crippen molar-refractivity contribution in [1.29, 1.82) is 0 Å². The molecule has 3 rings (SSSR count). The molecule has 0 bridgehead atoms. The summed E-state index contributed by atoms with van der Waals surface area (Å²) >= 11 is 5.30. The quantitative estimate of drug-likeness (QED) is 0.709. The van der Waals surface area contributed by atoms with Crippen molar-refractivity contribution in [2.75, 3.05) is 11.9 Å². The highest BCUT2D eigenvalue weighted by atomic mass is 32.1. The molecule has 0 aromatic heterocycles. The van der Waals surface area contributed by atoms with Crippen molar-refractivity contribution in [3.05, 3.63) is 66.0 Å². The van der Waals surface area contributed by atoms with E-state index in [1.54, 1.807) is 31.2 Å². The highest BCUT2D eigenvalue weighted by Gasteiger charge is 2.43. The van der Waals surface area contributed by atoms with Gasteiger partial charge in [0.05, 0.1) is 6.42 Å². The van der Waals surface area contributed by atoms with Crippen LogP contribution < -0.4 is 10.7 Å². The first kappa shape index (κ1) is 20.4. The van der Waals surface area contributed by atoms with Crippen molar-refractivity contribution in [2.24, 2.45) is 0 Å². The summed E-state index contributed by atoms with van der Waals surface area (Å²) in [5, 5.41) is 3.98. The number of benzene rings is 2. The number of hydrazine groups is 1. The number of thiocarbonyl (C=S) groups is 1. The van der Waals surface area contributed by atoms with Gasteiger partial charge in [0.15, 0.2) is 5.11 Å². The number of likely N-dealkylation sites (N-methyl/N-ethyl adjacent to an activating group) is 1. The number of nitrogens with one attached hydrogen (secondary N) is 2. The van der Waals surface area contributed by atoms with E-state index in [0.29, 0.717) is 12.2 Å². The highest BCUT2D eigenvalue weighted by molar-refractivity contribution is 7.80. The molecule has 1 aliphatic heterocycles. The molecule has 7 nitrogen and oxygen atoms in total. The Morgan fingerprint density at radius 1 is 1.14 bits per heavy atom. The van der Waals surface area contributed by atoms with Gasteiger partial charge in [0, 0.05) is 17.8 Å². The maximum absolute atomic E-state index is 13.4. The molecule has 0 saturated carbocycles. The fourth-order valence-corrected chi connectivity index (χ4v) is 3.35. The van der Waals surface area contributed by atoms with Crippen molar-refractivity contribution < 1.29 is 18.8 Å². The van der Waals surface area contributed by atoms with Gasteiger partial charge < -0.3 is 5.32 Å². The van der Waals surface area contributed by atoms with Crippen LogP contribution in [0, 0.1) is 5.82 Å². The molecule has 1 fully saturated rings. The minimum Gasteiger partial charge on any atom is -0.326 e. The van der Waals surface area contributed by atoms with Crippen LogP contribution >= 0.6 is 12.2 Å². The molecule has 1 saturated heterocycles. The number of amides is 3. The van der Waals surface area contributed by atoms with Crippen LogP contribution in [0.2, 0.25) is 0 Å². The number of nitrogens with zero attached hydrogens (tertiary/aromatic N) is 2. The lowest BCUT2D eigenvalue weighted by molar-refractivity contribution is -0.130. The fraction of sp³-hybridized carbons (Fsp3) is 0.200. The van der Waals surface area contributed by atoms with Crippen LogP contribution in [-0.4, -0.2) is 45.3 Å². The first-order valence-electron chi connectivity index (χ1n) is 8.96. The normalized spacial score (nSPS) is 16.1. The lowest BCUT2D eigenvalue weighted by Gasteiger charge is -2.24. The van der Waals surface area contributed by atoms with Crippen LogP contribution in [0.1, 0.15) is 23.7 Å². The standard InChI is InChI=1S/C20H19FN4O3S/c1-2-24-19(28)16(12-17(26)22-15-9-4-3-5-10-15)25(20(24)29)23-18(27)13-7-6-8-14(21)11-13/h3-11,16H,2,12H2,1H3,(H,22,26)(H,23,27). The van der Waals surface area contributed by atoms with Crippen molar-refractivity contribution in [2.45, 2.75) is 19.4 Å². The molecule has 2 N–H and O–H groups in total. The van der Waals surface area contributed by atoms with Crippen LogP contribution in [0.3, 0.4) is 0 Å². The van der Waals surface area contributed by atoms with Gasteiger partial charge in [-0.25, -0.2) is 9.40 Å². The molecule has 1 atom stereocenters. The Morgan fingerprint density at radius 2 is 1.86 bits per heavy atom. The van der Waals surface area contributed by atoms with Crippen molar-refractivity contribution in [3.8, 4) is 0 Å². The molecule has 0 radical (unpaired) electrons. The van der Waals surface area contributed by atoms with Crippen molar-refractivity contribution >= 4 is 40.7 Å². The predicted octanol–water partition coefficient (Wildman–Crippen LogP) is 2.32. The SMILES string of the molecule is CCN1C(=O)C(CC(=O)Nc2ccccc2)N(NC(=O)c2cccc(F)c2)C1=S. The molecule has 0 spiro atoms. The van der Waals surface area contributed by atoms with Gasteiger partial charge in [-0.15, -0.1) is 0 Å². The van der Waals surface area contributed by atoms with E-state index in [1.807, 2.05) is 6.07 Å². The summed E-state index contributed by atoms with van der Waals surface area (Å²) in [4.78, 5) is 39.0. The smallest absolute Gasteiger partial charge is 0.269 e. The van der Waals surface area contributed by atoms with Crippen LogP contribution in [0.4, 0.5) is 10.1 Å². The third kappa shape index (κ3) is 4.57. The second-order valence-corrected chi connectivity index (χ2v) is 6.69. The number of carbonyl (C=O) groups excluding carboxylic acids is 3. The largest absolute Gasteiger partial charge is 0.326 e. The topological polar surface area (TPSA) is 81.8 Å². The first-order valence-corrected chi connectivity index (χ1v) is 9.37. The Hall–Kier alpha value is -3.33. The monoisotopic (exact) mass is 414 g/mol. The number of rotatable bonds is 6. The van der Waals surface area contributed by atoms with Crippen LogP contribution in [0.25, 0.3) is 0 Å². The van der Waals surface area contributed by atoms with Crippen LogP contribution in [0.15, 0.2) is 54.6 Å². The summed E-state index contributed by atoms with van der Waals surface area (Å²) in [6.45, 7) is 2.03. The summed E-state index contributed by atoms with van der Waals surface area (Å²) in [7, 11) is 0. The lowest BCUT2D eigenvalue weighted by atomic mass is 10.1. The van der Waals surface area contributed by atoms with E-state index in [9.17, 15) is 18.8 Å². The van der Waals surface area contributed by atoms with E-state index in [4.69, 9.17) is 12.2 Å². The van der Waals surface area contributed by atoms with Crippen LogP contribution in [-0.2, 0) is 9.59 Å². The highest BCUT2D eigenvalue weighted by Crippen LogP contribution is 2.20. The molecule has 0 aliphatic carbocycles. The molecular formula is C20H19FN4O3S. The zero-order valence-electron chi connectivity index (χ0n) is 15.6. The molecule has 1 heterocycles. The minimum atomic E-state index is -0.997. The molecule has 2 aromatic rings. The Kier molecular flexibility index (Phi) is 6.18. The van der Waals surface area contributed by atoms with Gasteiger partial charge in [0.2, 0.25) is 5.91 Å². The number of halogens is 1. The summed E-state index contributed by atoms with van der Waals surface area (Å²) in [6.07, 6.45) is -0.214. The summed E-state index contributed by atoms with van der Waals surface area (Å²) in [5.74, 6) is -1.99. The average molecular weight is 414 g/mol. The fourth-order valence-electron chi connectivity index (χ4n) is 2.96. The molecular weight excluding hydrogens is 395 g/mol. The van der Waals surface area contributed by atoms with E-state index in [2.05, 4.69) is 10.7 Å². The van der Waals surface area contributed by atoms with E-state index < -0.39 is 23.7 Å². The van der Waals surface area contributed by atoms with Gasteiger partial charge >= 0.3 is 0 Å². The zero-order chi connectivity index (χ0) is 21.0. The number of hydrogen-bond donors (Lipinski definition) is 2. The van der Waals surface area contributed by atoms with E-state index in [0.717, 1.165) is 6.07 Å². The average Bonchev–Trinajstić information content (AvgIpc) is 2.92. The molecule has 1 aliphatic rings. The minimum absolute atomic E-state index is 0.0719. The molecule has 150 valence electrons. The van der Waals surface area contributed by atoms with E-state index in [1.165, 1.54) is 28.1 Å². The first-order chi connectivity index (χ1) is 13.9. The van der Waals surface area contributed by atoms with Gasteiger partial charge in [0.1, 0.15) is 11.9 Å². The third-order valence-electron chi connectivity index (χ3n) is 4.36. The van der Waals surface area contributed by atoms with Gasteiger partial charge in [0.25, 0.3) is 11.8 Å². The number of carbonyl (C=O) groups is 3. The zero-order valence-corrected chi connectivity index (χ0v) is 16.4. The van der Waals surface area contributed by atoms with Gasteiger partial charge in [-0.05, 0) is 49.5 Å². The molecule has 9 heteroatoms. The lowest BCUT2D eigenvalue weighted by Crippen LogP contribution is -2.49. The Bertz CT molecular complexity index is 954. The van der Waals surface area contributed by atoms with Crippen LogP contribution in [0.5, 0.6) is 0 Å². The Morgan fingerprint density at radius 3 is 2.52 bits per heavy atom. The van der Waals surface area contributed by atoms with E-state index >= 15 is 0 Å². The maximum atomic E-state index is 13.4. The summed E-state index contributed by atoms with van der Waals surface area (Å²) in [6, 6.07) is 12.9. The van der Waals surface area contributed by atoms with Crippen molar-refractivity contribution in [1.82, 2.24) is 15.3 Å². The second kappa shape index (κ2) is 8.78. The number of hydrogen-bond acceptors (Lipinski definition) is 4. The van der Waals surface area contributed by atoms with Gasteiger partial charge in [-0.1, -0.05) is 24.3 Å². The Labute approximate surface area is 172 Å². The maximum Gasteiger partial charge on any atom is 0.269 e. The molecule has 2 aromatic carbocycles. The Balaban J connectivity index is 1.77. The third-order valence-corrected chi connectivity index (χ3v) is 4.78. The molecule has 29 heavy (non-hydrogen) atoms.